The molecule has 0 saturated heterocycles. The second-order valence-electron chi connectivity index (χ2n) is 5.54. The standard InChI is InChI=1S/C20H14O4/c21-17-15(12-11-13-7-3-1-4-8-13)18(22)20(24)16(19(17)23)14-9-5-2-6-10-14/h1-10,12,16H,11H2. The van der Waals surface area contributed by atoms with Crippen molar-refractivity contribution in [2.75, 3.05) is 0 Å². The van der Waals surface area contributed by atoms with Crippen LogP contribution in [-0.2, 0) is 25.6 Å². The van der Waals surface area contributed by atoms with Crippen LogP contribution < -0.4 is 0 Å². The summed E-state index contributed by atoms with van der Waals surface area (Å²) in [5, 5.41) is 0. The molecule has 2 aromatic rings. The fraction of sp³-hybridized carbons (Fsp3) is 0.100. The third kappa shape index (κ3) is 2.86. The van der Waals surface area contributed by atoms with Crippen molar-refractivity contribution in [3.63, 3.8) is 0 Å². The summed E-state index contributed by atoms with van der Waals surface area (Å²) in [6.07, 6.45) is 1.68. The number of allylic oxidation sites excluding steroid dienone is 2. The van der Waals surface area contributed by atoms with Gasteiger partial charge in [-0.3, -0.25) is 19.2 Å². The number of carbonyl (C=O) groups is 4. The molecule has 118 valence electrons. The maximum absolute atomic E-state index is 12.3. The van der Waals surface area contributed by atoms with Crippen molar-refractivity contribution in [2.45, 2.75) is 12.3 Å². The summed E-state index contributed by atoms with van der Waals surface area (Å²) >= 11 is 0. The van der Waals surface area contributed by atoms with Crippen molar-refractivity contribution in [2.24, 2.45) is 0 Å². The fourth-order valence-corrected chi connectivity index (χ4v) is 2.72. The first kappa shape index (κ1) is 15.7. The Morgan fingerprint density at radius 1 is 0.708 bits per heavy atom. The van der Waals surface area contributed by atoms with Gasteiger partial charge in [-0.1, -0.05) is 66.7 Å². The summed E-state index contributed by atoms with van der Waals surface area (Å²) in [5.41, 5.74) is 0.938. The normalized spacial score (nSPS) is 18.0. The van der Waals surface area contributed by atoms with E-state index in [1.54, 1.807) is 30.3 Å². The van der Waals surface area contributed by atoms with E-state index >= 15 is 0 Å². The number of carbonyl (C=O) groups excluding carboxylic acids is 4. The van der Waals surface area contributed by atoms with Crippen LogP contribution in [0.2, 0.25) is 0 Å². The van der Waals surface area contributed by atoms with Crippen LogP contribution in [0.5, 0.6) is 0 Å². The van der Waals surface area contributed by atoms with E-state index in [9.17, 15) is 19.2 Å². The molecule has 1 aliphatic carbocycles. The molecule has 2 aromatic carbocycles. The lowest BCUT2D eigenvalue weighted by Crippen LogP contribution is -2.42. The van der Waals surface area contributed by atoms with Gasteiger partial charge in [0.05, 0.1) is 5.57 Å². The molecule has 1 aliphatic rings. The van der Waals surface area contributed by atoms with Crippen LogP contribution in [0.3, 0.4) is 0 Å². The van der Waals surface area contributed by atoms with Crippen molar-refractivity contribution in [3.05, 3.63) is 83.4 Å². The second kappa shape index (κ2) is 6.54. The van der Waals surface area contributed by atoms with E-state index in [2.05, 4.69) is 0 Å². The molecule has 24 heavy (non-hydrogen) atoms. The maximum Gasteiger partial charge on any atom is 0.233 e. The number of Topliss-reactive ketones (excluding diaryl/α,β-unsaturated/α-hetero) is 4. The van der Waals surface area contributed by atoms with Gasteiger partial charge in [0.15, 0.2) is 0 Å². The van der Waals surface area contributed by atoms with Crippen LogP contribution in [0.15, 0.2) is 72.3 Å². The quantitative estimate of drug-likeness (QED) is 0.377. The molecule has 4 nitrogen and oxygen atoms in total. The van der Waals surface area contributed by atoms with Crippen molar-refractivity contribution in [1.29, 1.82) is 0 Å². The number of benzene rings is 2. The molecule has 0 heterocycles. The fourth-order valence-electron chi connectivity index (χ4n) is 2.72. The minimum absolute atomic E-state index is 0.310. The molecule has 3 rings (SSSR count). The first-order valence-corrected chi connectivity index (χ1v) is 7.55. The van der Waals surface area contributed by atoms with Gasteiger partial charge in [0.2, 0.25) is 23.1 Å². The highest BCUT2D eigenvalue weighted by Crippen LogP contribution is 2.26. The van der Waals surface area contributed by atoms with Gasteiger partial charge in [-0.2, -0.15) is 0 Å². The predicted octanol–water partition coefficient (Wildman–Crippen LogP) is 2.23. The van der Waals surface area contributed by atoms with E-state index in [4.69, 9.17) is 0 Å². The molecule has 0 aliphatic heterocycles. The third-order valence-electron chi connectivity index (χ3n) is 3.98. The van der Waals surface area contributed by atoms with Crippen LogP contribution in [0.4, 0.5) is 0 Å². The molecule has 0 unspecified atom stereocenters. The molecular weight excluding hydrogens is 304 g/mol. The summed E-state index contributed by atoms with van der Waals surface area (Å²) < 4.78 is 0. The Bertz CT molecular complexity index is 818. The van der Waals surface area contributed by atoms with Gasteiger partial charge in [0, 0.05) is 0 Å². The zero-order chi connectivity index (χ0) is 17.1. The number of ketones is 4. The smallest absolute Gasteiger partial charge is 0.233 e. The van der Waals surface area contributed by atoms with E-state index in [0.29, 0.717) is 12.0 Å². The van der Waals surface area contributed by atoms with Gasteiger partial charge in [0.25, 0.3) is 0 Å². The van der Waals surface area contributed by atoms with E-state index in [1.807, 2.05) is 30.3 Å². The van der Waals surface area contributed by atoms with Gasteiger partial charge in [-0.05, 0) is 17.5 Å². The van der Waals surface area contributed by atoms with E-state index < -0.39 is 29.1 Å². The molecule has 0 amide bonds. The number of rotatable bonds is 3. The minimum atomic E-state index is -1.32. The van der Waals surface area contributed by atoms with Gasteiger partial charge < -0.3 is 0 Å². The molecule has 1 fully saturated rings. The minimum Gasteiger partial charge on any atom is -0.289 e. The number of hydrogen-bond acceptors (Lipinski definition) is 4. The van der Waals surface area contributed by atoms with Gasteiger partial charge in [-0.25, -0.2) is 0 Å². The molecule has 0 atom stereocenters. The molecule has 0 N–H and O–H groups in total. The summed E-state index contributed by atoms with van der Waals surface area (Å²) in [7, 11) is 0. The Hall–Kier alpha value is -3.14. The third-order valence-corrected chi connectivity index (χ3v) is 3.98. The SMILES string of the molecule is O=C1C(=O)C(c2ccccc2)C(=O)C(=O)C1=CCc1ccccc1. The van der Waals surface area contributed by atoms with Crippen LogP contribution in [0.1, 0.15) is 17.0 Å². The first-order valence-electron chi connectivity index (χ1n) is 7.55. The highest BCUT2D eigenvalue weighted by atomic mass is 16.2. The molecule has 0 spiro atoms. The Morgan fingerprint density at radius 2 is 1.21 bits per heavy atom. The summed E-state index contributed by atoms with van der Waals surface area (Å²) in [4.78, 5) is 49.3. The lowest BCUT2D eigenvalue weighted by atomic mass is 9.77. The maximum atomic E-state index is 12.3. The van der Waals surface area contributed by atoms with E-state index in [0.717, 1.165) is 5.56 Å². The van der Waals surface area contributed by atoms with Crippen LogP contribution >= 0.6 is 0 Å². The Labute approximate surface area is 138 Å². The Kier molecular flexibility index (Phi) is 4.29. The topological polar surface area (TPSA) is 68.3 Å². The van der Waals surface area contributed by atoms with Gasteiger partial charge >= 0.3 is 0 Å². The van der Waals surface area contributed by atoms with Crippen LogP contribution in [-0.4, -0.2) is 23.1 Å². The average Bonchev–Trinajstić information content (AvgIpc) is 2.62. The molecule has 4 heteroatoms. The summed E-state index contributed by atoms with van der Waals surface area (Å²) in [6, 6.07) is 17.4. The van der Waals surface area contributed by atoms with Gasteiger partial charge in [0.1, 0.15) is 5.92 Å². The van der Waals surface area contributed by atoms with Crippen LogP contribution in [0.25, 0.3) is 0 Å². The van der Waals surface area contributed by atoms with Crippen molar-refractivity contribution in [1.82, 2.24) is 0 Å². The lowest BCUT2D eigenvalue weighted by molar-refractivity contribution is -0.146. The molecule has 1 saturated carbocycles. The average molecular weight is 318 g/mol. The molecule has 0 bridgehead atoms. The predicted molar refractivity (Wildman–Crippen MR) is 87.4 cm³/mol. The lowest BCUT2D eigenvalue weighted by Gasteiger charge is -2.19. The molecular formula is C20H14O4. The zero-order valence-electron chi connectivity index (χ0n) is 12.8. The van der Waals surface area contributed by atoms with Crippen molar-refractivity contribution < 1.29 is 19.2 Å². The van der Waals surface area contributed by atoms with E-state index in [1.165, 1.54) is 6.08 Å². The van der Waals surface area contributed by atoms with Crippen LogP contribution in [0, 0.1) is 0 Å². The monoisotopic (exact) mass is 318 g/mol. The summed E-state index contributed by atoms with van der Waals surface area (Å²) in [5.74, 6) is -4.77. The number of hydrogen-bond donors (Lipinski definition) is 0. The Morgan fingerprint density at radius 3 is 1.75 bits per heavy atom. The van der Waals surface area contributed by atoms with Gasteiger partial charge in [-0.15, -0.1) is 0 Å². The highest BCUT2D eigenvalue weighted by Gasteiger charge is 2.45. The van der Waals surface area contributed by atoms with Crippen molar-refractivity contribution in [3.8, 4) is 0 Å². The molecule has 0 aromatic heterocycles. The highest BCUT2D eigenvalue weighted by molar-refractivity contribution is 6.69. The van der Waals surface area contributed by atoms with Crippen molar-refractivity contribution >= 4 is 23.1 Å². The zero-order valence-corrected chi connectivity index (χ0v) is 12.8. The largest absolute Gasteiger partial charge is 0.289 e. The first-order chi connectivity index (χ1) is 11.6. The summed E-state index contributed by atoms with van der Waals surface area (Å²) in [6.45, 7) is 0. The molecule has 0 radical (unpaired) electrons. The van der Waals surface area contributed by atoms with E-state index in [-0.39, 0.29) is 5.57 Å². The second-order valence-corrected chi connectivity index (χ2v) is 5.54. The Balaban J connectivity index is 1.91.